The molecular formula is C22H22ClN3O3S. The van der Waals surface area contributed by atoms with Crippen LogP contribution in [0.4, 0.5) is 11.4 Å². The second-order valence-corrected chi connectivity index (χ2v) is 9.38. The first kappa shape index (κ1) is 21.8. The molecule has 0 aliphatic carbocycles. The molecule has 30 heavy (non-hydrogen) atoms. The number of nitrogens with zero attached hydrogens (tertiary/aromatic N) is 1. The van der Waals surface area contributed by atoms with Crippen molar-refractivity contribution in [3.63, 3.8) is 0 Å². The number of amides is 1. The quantitative estimate of drug-likeness (QED) is 0.565. The van der Waals surface area contributed by atoms with E-state index in [1.54, 1.807) is 18.2 Å². The van der Waals surface area contributed by atoms with E-state index in [9.17, 15) is 13.2 Å². The number of sulfonamides is 1. The molecule has 0 radical (unpaired) electrons. The molecule has 0 aliphatic heterocycles. The minimum absolute atomic E-state index is 0.122. The maximum atomic E-state index is 12.7. The molecule has 0 unspecified atom stereocenters. The van der Waals surface area contributed by atoms with Gasteiger partial charge in [0.25, 0.3) is 5.91 Å². The summed E-state index contributed by atoms with van der Waals surface area (Å²) in [6.07, 6.45) is 0. The van der Waals surface area contributed by atoms with Crippen molar-refractivity contribution in [1.29, 1.82) is 0 Å². The van der Waals surface area contributed by atoms with Crippen molar-refractivity contribution in [2.75, 3.05) is 24.7 Å². The number of anilines is 2. The van der Waals surface area contributed by atoms with Gasteiger partial charge in [-0.3, -0.25) is 4.79 Å². The molecule has 0 saturated heterocycles. The number of benzene rings is 3. The van der Waals surface area contributed by atoms with Gasteiger partial charge in [0.1, 0.15) is 0 Å². The Balaban J connectivity index is 1.77. The lowest BCUT2D eigenvalue weighted by molar-refractivity contribution is 0.102. The zero-order valence-corrected chi connectivity index (χ0v) is 18.2. The molecule has 3 aromatic carbocycles. The molecule has 0 fully saturated rings. The van der Waals surface area contributed by atoms with Gasteiger partial charge in [0.05, 0.1) is 16.3 Å². The summed E-state index contributed by atoms with van der Waals surface area (Å²) < 4.78 is 25.5. The van der Waals surface area contributed by atoms with Crippen LogP contribution in [0, 0.1) is 0 Å². The Hall–Kier alpha value is -2.87. The fourth-order valence-corrected chi connectivity index (χ4v) is 3.82. The minimum atomic E-state index is -3.55. The maximum absolute atomic E-state index is 12.7. The van der Waals surface area contributed by atoms with Crippen LogP contribution in [0.25, 0.3) is 0 Å². The van der Waals surface area contributed by atoms with Crippen LogP contribution in [-0.2, 0) is 16.6 Å². The molecule has 3 rings (SSSR count). The summed E-state index contributed by atoms with van der Waals surface area (Å²) in [5, 5.41) is 6.62. The lowest BCUT2D eigenvalue weighted by Gasteiger charge is -2.14. The third-order valence-corrected chi connectivity index (χ3v) is 6.52. The Labute approximate surface area is 181 Å². The van der Waals surface area contributed by atoms with Crippen LogP contribution >= 0.6 is 11.6 Å². The van der Waals surface area contributed by atoms with Gasteiger partial charge in [0.2, 0.25) is 10.0 Å². The molecule has 6 nitrogen and oxygen atoms in total. The average molecular weight is 444 g/mol. The summed E-state index contributed by atoms with van der Waals surface area (Å²) in [6, 6.07) is 20.9. The van der Waals surface area contributed by atoms with Crippen molar-refractivity contribution < 1.29 is 13.2 Å². The average Bonchev–Trinajstić information content (AvgIpc) is 2.74. The van der Waals surface area contributed by atoms with Crippen LogP contribution in [-0.4, -0.2) is 32.7 Å². The second-order valence-electron chi connectivity index (χ2n) is 6.79. The van der Waals surface area contributed by atoms with Crippen LogP contribution in [0.15, 0.2) is 77.7 Å². The van der Waals surface area contributed by atoms with Crippen molar-refractivity contribution >= 4 is 38.9 Å². The van der Waals surface area contributed by atoms with Crippen molar-refractivity contribution in [1.82, 2.24) is 4.31 Å². The van der Waals surface area contributed by atoms with Crippen LogP contribution in [0.1, 0.15) is 15.9 Å². The fourth-order valence-electron chi connectivity index (χ4n) is 2.75. The van der Waals surface area contributed by atoms with Crippen molar-refractivity contribution in [2.24, 2.45) is 0 Å². The number of hydrogen-bond donors (Lipinski definition) is 2. The fraction of sp³-hybridized carbons (Fsp3) is 0.136. The first-order chi connectivity index (χ1) is 14.3. The number of halogens is 1. The molecule has 8 heteroatoms. The van der Waals surface area contributed by atoms with Gasteiger partial charge >= 0.3 is 0 Å². The highest BCUT2D eigenvalue weighted by molar-refractivity contribution is 7.89. The van der Waals surface area contributed by atoms with E-state index in [0.717, 1.165) is 15.6 Å². The van der Waals surface area contributed by atoms with E-state index in [2.05, 4.69) is 10.6 Å². The van der Waals surface area contributed by atoms with E-state index in [0.29, 0.717) is 22.8 Å². The number of rotatable bonds is 7. The molecule has 0 aliphatic rings. The molecule has 0 saturated carbocycles. The molecule has 0 spiro atoms. The number of carbonyl (C=O) groups excluding carboxylic acids is 1. The van der Waals surface area contributed by atoms with Crippen molar-refractivity contribution in [3.8, 4) is 0 Å². The van der Waals surface area contributed by atoms with Gasteiger partial charge < -0.3 is 10.6 Å². The summed E-state index contributed by atoms with van der Waals surface area (Å²) in [6.45, 7) is 0.586. The predicted octanol–water partition coefficient (Wildman–Crippen LogP) is 4.45. The van der Waals surface area contributed by atoms with Gasteiger partial charge in [0.15, 0.2) is 0 Å². The predicted molar refractivity (Wildman–Crippen MR) is 120 cm³/mol. The van der Waals surface area contributed by atoms with Crippen LogP contribution in [0.2, 0.25) is 5.02 Å². The number of carbonyl (C=O) groups is 1. The highest BCUT2D eigenvalue weighted by Gasteiger charge is 2.18. The summed E-state index contributed by atoms with van der Waals surface area (Å²) in [7, 11) is -0.635. The smallest absolute Gasteiger partial charge is 0.255 e. The molecule has 3 aromatic rings. The van der Waals surface area contributed by atoms with Gasteiger partial charge in [-0.15, -0.1) is 0 Å². The zero-order valence-electron chi connectivity index (χ0n) is 16.6. The largest absolute Gasteiger partial charge is 0.379 e. The highest BCUT2D eigenvalue weighted by Crippen LogP contribution is 2.27. The van der Waals surface area contributed by atoms with Gasteiger partial charge in [-0.05, 0) is 48.0 Å². The third kappa shape index (κ3) is 5.18. The van der Waals surface area contributed by atoms with E-state index in [-0.39, 0.29) is 10.8 Å². The second kappa shape index (κ2) is 9.30. The topological polar surface area (TPSA) is 78.5 Å². The van der Waals surface area contributed by atoms with Crippen LogP contribution in [0.3, 0.4) is 0 Å². The highest BCUT2D eigenvalue weighted by atomic mass is 35.5. The first-order valence-electron chi connectivity index (χ1n) is 9.18. The van der Waals surface area contributed by atoms with E-state index in [1.807, 2.05) is 30.3 Å². The van der Waals surface area contributed by atoms with Crippen molar-refractivity contribution in [3.05, 3.63) is 88.9 Å². The Morgan fingerprint density at radius 3 is 2.23 bits per heavy atom. The van der Waals surface area contributed by atoms with Gasteiger partial charge in [0, 0.05) is 31.2 Å². The SMILES string of the molecule is CN(C)S(=O)(=O)c1ccc(C(=O)Nc2cc(Cl)ccc2NCc2ccccc2)cc1. The standard InChI is InChI=1S/C22H22ClN3O3S/c1-26(2)30(28,29)19-11-8-17(9-12-19)22(27)25-21-14-18(23)10-13-20(21)24-15-16-6-4-3-5-7-16/h3-14,24H,15H2,1-2H3,(H,25,27). The van der Waals surface area contributed by atoms with E-state index >= 15 is 0 Å². The number of nitrogens with one attached hydrogen (secondary N) is 2. The Bertz CT molecular complexity index is 1130. The molecule has 0 heterocycles. The minimum Gasteiger partial charge on any atom is -0.379 e. The van der Waals surface area contributed by atoms with Crippen molar-refractivity contribution in [2.45, 2.75) is 11.4 Å². The third-order valence-electron chi connectivity index (χ3n) is 4.45. The molecule has 156 valence electrons. The molecule has 1 amide bonds. The monoisotopic (exact) mass is 443 g/mol. The van der Waals surface area contributed by atoms with E-state index in [4.69, 9.17) is 11.6 Å². The lowest BCUT2D eigenvalue weighted by Crippen LogP contribution is -2.22. The normalized spacial score (nSPS) is 11.3. The Morgan fingerprint density at radius 2 is 1.60 bits per heavy atom. The zero-order chi connectivity index (χ0) is 21.7. The molecule has 0 atom stereocenters. The molecule has 0 bridgehead atoms. The molecule has 0 aromatic heterocycles. The number of hydrogen-bond acceptors (Lipinski definition) is 4. The summed E-state index contributed by atoms with van der Waals surface area (Å²) in [4.78, 5) is 12.8. The van der Waals surface area contributed by atoms with Gasteiger partial charge in [-0.25, -0.2) is 12.7 Å². The summed E-state index contributed by atoms with van der Waals surface area (Å²) >= 11 is 6.11. The van der Waals surface area contributed by atoms with E-state index in [1.165, 1.54) is 38.4 Å². The van der Waals surface area contributed by atoms with Crippen LogP contribution < -0.4 is 10.6 Å². The van der Waals surface area contributed by atoms with Crippen LogP contribution in [0.5, 0.6) is 0 Å². The first-order valence-corrected chi connectivity index (χ1v) is 11.0. The molecule has 2 N–H and O–H groups in total. The lowest BCUT2D eigenvalue weighted by atomic mass is 10.2. The summed E-state index contributed by atoms with van der Waals surface area (Å²) in [5.41, 5.74) is 2.70. The Kier molecular flexibility index (Phi) is 6.77. The van der Waals surface area contributed by atoms with Gasteiger partial charge in [-0.1, -0.05) is 41.9 Å². The summed E-state index contributed by atoms with van der Waals surface area (Å²) in [5.74, 6) is -0.367. The Morgan fingerprint density at radius 1 is 0.933 bits per heavy atom. The van der Waals surface area contributed by atoms with Gasteiger partial charge in [-0.2, -0.15) is 0 Å². The molecular weight excluding hydrogens is 422 g/mol. The maximum Gasteiger partial charge on any atom is 0.255 e. The van der Waals surface area contributed by atoms with E-state index < -0.39 is 10.0 Å².